The molecular formula is C10H13NO3. The van der Waals surface area contributed by atoms with Gasteiger partial charge in [-0.1, -0.05) is 0 Å². The summed E-state index contributed by atoms with van der Waals surface area (Å²) in [5.74, 6) is 1.34. The Morgan fingerprint density at radius 3 is 3.07 bits per heavy atom. The number of carbonyl (C=O) groups excluding carboxylic acids is 1. The molecule has 1 N–H and O–H groups in total. The molecule has 1 saturated heterocycles. The summed E-state index contributed by atoms with van der Waals surface area (Å²) in [5.41, 5.74) is 0. The van der Waals surface area contributed by atoms with Crippen LogP contribution in [0.15, 0.2) is 16.5 Å². The van der Waals surface area contributed by atoms with Gasteiger partial charge in [-0.15, -0.1) is 0 Å². The molecule has 0 radical (unpaired) electrons. The zero-order valence-electron chi connectivity index (χ0n) is 8.08. The van der Waals surface area contributed by atoms with Crippen molar-refractivity contribution in [3.8, 4) is 0 Å². The minimum atomic E-state index is -0.287. The van der Waals surface area contributed by atoms with Crippen molar-refractivity contribution in [1.82, 2.24) is 5.32 Å². The molecular weight excluding hydrogens is 182 g/mol. The summed E-state index contributed by atoms with van der Waals surface area (Å²) >= 11 is 0. The average molecular weight is 195 g/mol. The summed E-state index contributed by atoms with van der Waals surface area (Å²) < 4.78 is 10.3. The Morgan fingerprint density at radius 1 is 1.71 bits per heavy atom. The molecule has 14 heavy (non-hydrogen) atoms. The van der Waals surface area contributed by atoms with Crippen molar-refractivity contribution >= 4 is 5.97 Å². The van der Waals surface area contributed by atoms with Gasteiger partial charge in [0.15, 0.2) is 0 Å². The second-order valence-corrected chi connectivity index (χ2v) is 3.38. The fraction of sp³-hybridized carbons (Fsp3) is 0.500. The number of ether oxygens (including phenoxy) is 1. The highest BCUT2D eigenvalue weighted by Crippen LogP contribution is 2.24. The number of furan rings is 1. The van der Waals surface area contributed by atoms with Crippen LogP contribution in [-0.4, -0.2) is 12.5 Å². The summed E-state index contributed by atoms with van der Waals surface area (Å²) in [7, 11) is 0. The van der Waals surface area contributed by atoms with E-state index >= 15 is 0 Å². The van der Waals surface area contributed by atoms with E-state index in [4.69, 9.17) is 9.15 Å². The minimum absolute atomic E-state index is 0.224. The molecule has 0 saturated carbocycles. The summed E-state index contributed by atoms with van der Waals surface area (Å²) in [5, 5.41) is 3.24. The molecule has 0 aromatic carbocycles. The zero-order chi connectivity index (χ0) is 9.97. The van der Waals surface area contributed by atoms with E-state index in [1.54, 1.807) is 0 Å². The van der Waals surface area contributed by atoms with E-state index in [2.05, 4.69) is 5.32 Å². The van der Waals surface area contributed by atoms with Gasteiger partial charge in [-0.2, -0.15) is 0 Å². The fourth-order valence-electron chi connectivity index (χ4n) is 1.36. The van der Waals surface area contributed by atoms with Gasteiger partial charge in [-0.25, -0.2) is 0 Å². The van der Waals surface area contributed by atoms with Crippen LogP contribution in [0.4, 0.5) is 0 Å². The normalized spacial score (nSPS) is 20.2. The lowest BCUT2D eigenvalue weighted by Gasteiger charge is -2.25. The number of hydrogen-bond acceptors (Lipinski definition) is 4. The van der Waals surface area contributed by atoms with Crippen LogP contribution in [0, 0.1) is 0 Å². The van der Waals surface area contributed by atoms with E-state index in [1.807, 2.05) is 12.1 Å². The Labute approximate surface area is 82.2 Å². The van der Waals surface area contributed by atoms with Gasteiger partial charge in [0.2, 0.25) is 0 Å². The first kappa shape index (κ1) is 9.27. The summed E-state index contributed by atoms with van der Waals surface area (Å²) in [4.78, 5) is 10.5. The third-order valence-corrected chi connectivity index (χ3v) is 2.27. The number of carbonyl (C=O) groups is 1. The van der Waals surface area contributed by atoms with E-state index in [0.717, 1.165) is 18.7 Å². The van der Waals surface area contributed by atoms with Gasteiger partial charge in [0.05, 0.1) is 6.04 Å². The maximum absolute atomic E-state index is 10.5. The number of hydrogen-bond donors (Lipinski definition) is 1. The third kappa shape index (κ3) is 1.96. The lowest BCUT2D eigenvalue weighted by molar-refractivity contribution is -0.142. The lowest BCUT2D eigenvalue weighted by atomic mass is 10.1. The molecule has 0 aliphatic carbocycles. The molecule has 76 valence electrons. The highest BCUT2D eigenvalue weighted by atomic mass is 16.5. The SMILES string of the molecule is CC(=O)OCc1ccc([C@H]2CCN2)o1. The van der Waals surface area contributed by atoms with Gasteiger partial charge >= 0.3 is 5.97 Å². The highest BCUT2D eigenvalue weighted by Gasteiger charge is 2.21. The topological polar surface area (TPSA) is 51.5 Å². The van der Waals surface area contributed by atoms with Crippen molar-refractivity contribution in [2.45, 2.75) is 26.0 Å². The van der Waals surface area contributed by atoms with Crippen LogP contribution < -0.4 is 5.32 Å². The number of rotatable bonds is 3. The minimum Gasteiger partial charge on any atom is -0.461 e. The van der Waals surface area contributed by atoms with Gasteiger partial charge in [-0.05, 0) is 25.1 Å². The Kier molecular flexibility index (Phi) is 2.54. The van der Waals surface area contributed by atoms with Gasteiger partial charge in [0.1, 0.15) is 18.1 Å². The van der Waals surface area contributed by atoms with E-state index in [-0.39, 0.29) is 12.6 Å². The van der Waals surface area contributed by atoms with Crippen molar-refractivity contribution in [1.29, 1.82) is 0 Å². The first-order valence-corrected chi connectivity index (χ1v) is 4.71. The zero-order valence-corrected chi connectivity index (χ0v) is 8.08. The average Bonchev–Trinajstić information content (AvgIpc) is 2.46. The Balaban J connectivity index is 1.92. The van der Waals surface area contributed by atoms with E-state index in [9.17, 15) is 4.79 Å². The maximum atomic E-state index is 10.5. The van der Waals surface area contributed by atoms with Crippen LogP contribution in [0.2, 0.25) is 0 Å². The van der Waals surface area contributed by atoms with Gasteiger partial charge in [0.25, 0.3) is 0 Å². The molecule has 1 aromatic heterocycles. The Bertz CT molecular complexity index is 328. The number of esters is 1. The Morgan fingerprint density at radius 2 is 2.50 bits per heavy atom. The predicted octanol–water partition coefficient (Wildman–Crippen LogP) is 1.38. The monoisotopic (exact) mass is 195 g/mol. The van der Waals surface area contributed by atoms with Crippen molar-refractivity contribution in [3.05, 3.63) is 23.7 Å². The van der Waals surface area contributed by atoms with Crippen LogP contribution >= 0.6 is 0 Å². The molecule has 4 heteroatoms. The summed E-state index contributed by atoms with van der Waals surface area (Å²) in [6.07, 6.45) is 1.11. The molecule has 1 atom stereocenters. The molecule has 0 bridgehead atoms. The maximum Gasteiger partial charge on any atom is 0.303 e. The van der Waals surface area contributed by atoms with Crippen molar-refractivity contribution in [3.63, 3.8) is 0 Å². The molecule has 0 amide bonds. The first-order valence-electron chi connectivity index (χ1n) is 4.71. The second kappa shape index (κ2) is 3.84. The van der Waals surface area contributed by atoms with Crippen molar-refractivity contribution in [2.75, 3.05) is 6.54 Å². The number of nitrogens with one attached hydrogen (secondary N) is 1. The molecule has 1 fully saturated rings. The molecule has 2 heterocycles. The first-order chi connectivity index (χ1) is 6.75. The van der Waals surface area contributed by atoms with Crippen LogP contribution in [0.1, 0.15) is 30.9 Å². The molecule has 1 aromatic rings. The second-order valence-electron chi connectivity index (χ2n) is 3.38. The van der Waals surface area contributed by atoms with Gasteiger partial charge in [0, 0.05) is 6.92 Å². The molecule has 4 nitrogen and oxygen atoms in total. The quantitative estimate of drug-likeness (QED) is 0.740. The van der Waals surface area contributed by atoms with Crippen molar-refractivity contribution in [2.24, 2.45) is 0 Å². The molecule has 1 aliphatic heterocycles. The van der Waals surface area contributed by atoms with Gasteiger partial charge < -0.3 is 14.5 Å². The van der Waals surface area contributed by atoms with E-state index in [1.165, 1.54) is 6.92 Å². The molecule has 2 rings (SSSR count). The molecule has 1 aliphatic rings. The van der Waals surface area contributed by atoms with Crippen LogP contribution in [-0.2, 0) is 16.1 Å². The third-order valence-electron chi connectivity index (χ3n) is 2.27. The van der Waals surface area contributed by atoms with E-state index < -0.39 is 0 Å². The smallest absolute Gasteiger partial charge is 0.303 e. The summed E-state index contributed by atoms with van der Waals surface area (Å²) in [6, 6.07) is 4.12. The highest BCUT2D eigenvalue weighted by molar-refractivity contribution is 5.65. The van der Waals surface area contributed by atoms with E-state index in [0.29, 0.717) is 11.8 Å². The van der Waals surface area contributed by atoms with Crippen LogP contribution in [0.3, 0.4) is 0 Å². The van der Waals surface area contributed by atoms with Crippen LogP contribution in [0.5, 0.6) is 0 Å². The van der Waals surface area contributed by atoms with Crippen molar-refractivity contribution < 1.29 is 13.9 Å². The predicted molar refractivity (Wildman–Crippen MR) is 49.5 cm³/mol. The molecule has 0 unspecified atom stereocenters. The largest absolute Gasteiger partial charge is 0.461 e. The lowest BCUT2D eigenvalue weighted by Crippen LogP contribution is -2.34. The molecule has 0 spiro atoms. The standard InChI is InChI=1S/C10H13NO3/c1-7(12)13-6-8-2-3-10(14-8)9-4-5-11-9/h2-3,9,11H,4-6H2,1H3/t9-/m1/s1. The Hall–Kier alpha value is -1.29. The fourth-order valence-corrected chi connectivity index (χ4v) is 1.36. The van der Waals surface area contributed by atoms with Gasteiger partial charge in [-0.3, -0.25) is 4.79 Å². The van der Waals surface area contributed by atoms with Crippen LogP contribution in [0.25, 0.3) is 0 Å². The summed E-state index contributed by atoms with van der Waals surface area (Å²) in [6.45, 7) is 2.66.